The van der Waals surface area contributed by atoms with Gasteiger partial charge in [0.15, 0.2) is 16.4 Å². The van der Waals surface area contributed by atoms with Crippen molar-refractivity contribution in [2.75, 3.05) is 24.7 Å². The molecule has 2 aromatic carbocycles. The number of hydrogen-bond donors (Lipinski definition) is 0. The standard InChI is InChI=1S/C21H25NO5S/c1-2-11-22(18-10-12-28(25,26)15-18)20(23)14-27-21(24)13-17-8-5-7-16-6-3-4-9-19(16)17/h3-9,18H,2,10-15H2,1H3/t18-/m0/s1. The predicted molar refractivity (Wildman–Crippen MR) is 108 cm³/mol. The smallest absolute Gasteiger partial charge is 0.310 e. The van der Waals surface area contributed by atoms with Gasteiger partial charge in [0.2, 0.25) is 0 Å². The molecule has 1 aliphatic heterocycles. The summed E-state index contributed by atoms with van der Waals surface area (Å²) in [4.78, 5) is 26.4. The average molecular weight is 404 g/mol. The molecular formula is C21H25NO5S. The zero-order valence-corrected chi connectivity index (χ0v) is 16.8. The fourth-order valence-electron chi connectivity index (χ4n) is 3.65. The Hall–Kier alpha value is -2.41. The lowest BCUT2D eigenvalue weighted by molar-refractivity contribution is -0.152. The van der Waals surface area contributed by atoms with Gasteiger partial charge in [-0.25, -0.2) is 8.42 Å². The first-order valence-corrected chi connectivity index (χ1v) is 11.3. The van der Waals surface area contributed by atoms with E-state index in [1.807, 2.05) is 49.4 Å². The topological polar surface area (TPSA) is 80.8 Å². The van der Waals surface area contributed by atoms with Crippen molar-refractivity contribution in [2.45, 2.75) is 32.2 Å². The molecule has 150 valence electrons. The van der Waals surface area contributed by atoms with E-state index in [1.165, 1.54) is 0 Å². The summed E-state index contributed by atoms with van der Waals surface area (Å²) in [7, 11) is -3.09. The van der Waals surface area contributed by atoms with Gasteiger partial charge >= 0.3 is 5.97 Å². The quantitative estimate of drug-likeness (QED) is 0.663. The van der Waals surface area contributed by atoms with Crippen molar-refractivity contribution in [2.24, 2.45) is 0 Å². The molecule has 0 saturated carbocycles. The van der Waals surface area contributed by atoms with Gasteiger partial charge in [-0.05, 0) is 29.2 Å². The summed E-state index contributed by atoms with van der Waals surface area (Å²) >= 11 is 0. The molecule has 2 aromatic rings. The van der Waals surface area contributed by atoms with Gasteiger partial charge in [-0.2, -0.15) is 0 Å². The van der Waals surface area contributed by atoms with Crippen LogP contribution in [-0.2, 0) is 30.6 Å². The lowest BCUT2D eigenvalue weighted by atomic mass is 10.0. The van der Waals surface area contributed by atoms with Crippen molar-refractivity contribution in [1.82, 2.24) is 4.90 Å². The van der Waals surface area contributed by atoms with Crippen molar-refractivity contribution >= 4 is 32.5 Å². The molecule has 0 unspecified atom stereocenters. The van der Waals surface area contributed by atoms with Crippen molar-refractivity contribution in [3.05, 3.63) is 48.0 Å². The van der Waals surface area contributed by atoms with Crippen molar-refractivity contribution < 1.29 is 22.7 Å². The minimum Gasteiger partial charge on any atom is -0.455 e. The van der Waals surface area contributed by atoms with E-state index in [2.05, 4.69) is 0 Å². The van der Waals surface area contributed by atoms with Crippen LogP contribution >= 0.6 is 0 Å². The predicted octanol–water partition coefficient (Wildman–Crippen LogP) is 2.35. The number of hydrogen-bond acceptors (Lipinski definition) is 5. The maximum Gasteiger partial charge on any atom is 0.310 e. The summed E-state index contributed by atoms with van der Waals surface area (Å²) in [6.45, 7) is 2.02. The Morgan fingerprint density at radius 2 is 1.89 bits per heavy atom. The van der Waals surface area contributed by atoms with E-state index in [4.69, 9.17) is 4.74 Å². The lowest BCUT2D eigenvalue weighted by Crippen LogP contribution is -2.43. The molecule has 0 radical (unpaired) electrons. The van der Waals surface area contributed by atoms with Gasteiger partial charge in [-0.1, -0.05) is 49.4 Å². The van der Waals surface area contributed by atoms with Crippen LogP contribution in [0.2, 0.25) is 0 Å². The highest BCUT2D eigenvalue weighted by Crippen LogP contribution is 2.20. The SMILES string of the molecule is CCCN(C(=O)COC(=O)Cc1cccc2ccccc12)[C@H]1CCS(=O)(=O)C1. The maximum absolute atomic E-state index is 12.6. The van der Waals surface area contributed by atoms with E-state index in [0.29, 0.717) is 19.4 Å². The number of fused-ring (bicyclic) bond motifs is 1. The maximum atomic E-state index is 12.6. The third kappa shape index (κ3) is 4.90. The zero-order chi connectivity index (χ0) is 20.1. The molecule has 1 atom stereocenters. The molecule has 0 N–H and O–H groups in total. The second-order valence-electron chi connectivity index (χ2n) is 7.12. The van der Waals surface area contributed by atoms with Gasteiger partial charge < -0.3 is 9.64 Å². The van der Waals surface area contributed by atoms with Crippen molar-refractivity contribution in [3.63, 3.8) is 0 Å². The first-order valence-electron chi connectivity index (χ1n) is 9.52. The monoisotopic (exact) mass is 403 g/mol. The largest absolute Gasteiger partial charge is 0.455 e. The number of carbonyl (C=O) groups is 2. The van der Waals surface area contributed by atoms with Crippen LogP contribution in [0.4, 0.5) is 0 Å². The normalized spacial score (nSPS) is 18.1. The molecule has 0 bridgehead atoms. The van der Waals surface area contributed by atoms with Crippen molar-refractivity contribution in [3.8, 4) is 0 Å². The van der Waals surface area contributed by atoms with Gasteiger partial charge in [0, 0.05) is 12.6 Å². The van der Waals surface area contributed by atoms with Crippen LogP contribution in [0.15, 0.2) is 42.5 Å². The summed E-state index contributed by atoms with van der Waals surface area (Å²) in [5.74, 6) is -0.718. The average Bonchev–Trinajstić information content (AvgIpc) is 3.04. The Balaban J connectivity index is 1.60. The Kier molecular flexibility index (Phi) is 6.34. The lowest BCUT2D eigenvalue weighted by Gasteiger charge is -2.27. The minimum atomic E-state index is -3.09. The molecule has 0 aromatic heterocycles. The zero-order valence-electron chi connectivity index (χ0n) is 16.0. The van der Waals surface area contributed by atoms with E-state index in [0.717, 1.165) is 16.3 Å². The Morgan fingerprint density at radius 3 is 2.61 bits per heavy atom. The fraction of sp³-hybridized carbons (Fsp3) is 0.429. The fourth-order valence-corrected chi connectivity index (χ4v) is 5.38. The molecule has 1 fully saturated rings. The van der Waals surface area contributed by atoms with Crippen molar-refractivity contribution in [1.29, 1.82) is 0 Å². The van der Waals surface area contributed by atoms with Crippen LogP contribution in [-0.4, -0.2) is 55.9 Å². The number of rotatable bonds is 7. The van der Waals surface area contributed by atoms with Gasteiger partial charge in [0.25, 0.3) is 5.91 Å². The molecule has 1 aliphatic rings. The highest BCUT2D eigenvalue weighted by atomic mass is 32.2. The van der Waals surface area contributed by atoms with Crippen LogP contribution in [0.5, 0.6) is 0 Å². The van der Waals surface area contributed by atoms with E-state index >= 15 is 0 Å². The number of benzene rings is 2. The first-order chi connectivity index (χ1) is 13.4. The van der Waals surface area contributed by atoms with Crippen LogP contribution in [0.25, 0.3) is 10.8 Å². The van der Waals surface area contributed by atoms with Gasteiger partial charge in [0.05, 0.1) is 17.9 Å². The van der Waals surface area contributed by atoms with Gasteiger partial charge in [-0.15, -0.1) is 0 Å². The van der Waals surface area contributed by atoms with Crippen LogP contribution in [0, 0.1) is 0 Å². The summed E-state index contributed by atoms with van der Waals surface area (Å²) < 4.78 is 28.7. The molecular weight excluding hydrogens is 378 g/mol. The number of nitrogens with zero attached hydrogens (tertiary/aromatic N) is 1. The third-order valence-corrected chi connectivity index (χ3v) is 6.76. The molecule has 0 aliphatic carbocycles. The number of ether oxygens (including phenoxy) is 1. The molecule has 1 heterocycles. The summed E-state index contributed by atoms with van der Waals surface area (Å²) in [6, 6.07) is 13.2. The summed E-state index contributed by atoms with van der Waals surface area (Å²) in [5, 5.41) is 2.03. The molecule has 3 rings (SSSR count). The van der Waals surface area contributed by atoms with Crippen LogP contribution in [0.3, 0.4) is 0 Å². The second-order valence-corrected chi connectivity index (χ2v) is 9.35. The summed E-state index contributed by atoms with van der Waals surface area (Å²) in [6.07, 6.45) is 1.24. The Morgan fingerprint density at radius 1 is 1.14 bits per heavy atom. The van der Waals surface area contributed by atoms with E-state index < -0.39 is 15.8 Å². The first kappa shape index (κ1) is 20.3. The number of esters is 1. The highest BCUT2D eigenvalue weighted by Gasteiger charge is 2.34. The van der Waals surface area contributed by atoms with E-state index in [-0.39, 0.29) is 36.5 Å². The second kappa shape index (κ2) is 8.73. The number of amides is 1. The molecule has 1 amide bonds. The molecule has 7 heteroatoms. The third-order valence-electron chi connectivity index (χ3n) is 5.01. The Labute approximate surface area is 165 Å². The van der Waals surface area contributed by atoms with Gasteiger partial charge in [0.1, 0.15) is 0 Å². The Bertz CT molecular complexity index is 964. The molecule has 0 spiro atoms. The molecule has 6 nitrogen and oxygen atoms in total. The number of sulfone groups is 1. The van der Waals surface area contributed by atoms with E-state index in [9.17, 15) is 18.0 Å². The van der Waals surface area contributed by atoms with Crippen LogP contribution < -0.4 is 0 Å². The van der Waals surface area contributed by atoms with Gasteiger partial charge in [-0.3, -0.25) is 9.59 Å². The van der Waals surface area contributed by atoms with E-state index in [1.54, 1.807) is 4.90 Å². The molecule has 28 heavy (non-hydrogen) atoms. The number of carbonyl (C=O) groups excluding carboxylic acids is 2. The highest BCUT2D eigenvalue weighted by molar-refractivity contribution is 7.91. The minimum absolute atomic E-state index is 0.0112. The van der Waals surface area contributed by atoms with Crippen LogP contribution in [0.1, 0.15) is 25.3 Å². The summed E-state index contributed by atoms with van der Waals surface area (Å²) in [5.41, 5.74) is 0.850. The molecule has 1 saturated heterocycles.